The average Bonchev–Trinajstić information content (AvgIpc) is 2.61. The second kappa shape index (κ2) is 4.33. The molecular weight excluding hydrogens is 224 g/mol. The van der Waals surface area contributed by atoms with Gasteiger partial charge in [0, 0.05) is 18.4 Å². The van der Waals surface area contributed by atoms with Crippen molar-refractivity contribution < 1.29 is 8.42 Å². The molecule has 0 aromatic carbocycles. The SMILES string of the molecule is CCn1cc(S(=O)(=O)NC)cc1CCl. The van der Waals surface area contributed by atoms with E-state index in [9.17, 15) is 8.42 Å². The van der Waals surface area contributed by atoms with E-state index in [2.05, 4.69) is 4.72 Å². The molecule has 1 rings (SSSR count). The Balaban J connectivity index is 3.20. The smallest absolute Gasteiger partial charge is 0.241 e. The lowest BCUT2D eigenvalue weighted by molar-refractivity contribution is 0.588. The third-order valence-corrected chi connectivity index (χ3v) is 3.67. The van der Waals surface area contributed by atoms with Crippen molar-refractivity contribution in [2.75, 3.05) is 7.05 Å². The van der Waals surface area contributed by atoms with Gasteiger partial charge in [0.05, 0.1) is 10.8 Å². The van der Waals surface area contributed by atoms with E-state index in [0.29, 0.717) is 12.4 Å². The van der Waals surface area contributed by atoms with Crippen molar-refractivity contribution in [2.24, 2.45) is 0 Å². The molecule has 0 unspecified atom stereocenters. The minimum atomic E-state index is -3.35. The van der Waals surface area contributed by atoms with Crippen molar-refractivity contribution in [3.63, 3.8) is 0 Å². The van der Waals surface area contributed by atoms with Crippen LogP contribution in [0.5, 0.6) is 0 Å². The van der Waals surface area contributed by atoms with Gasteiger partial charge >= 0.3 is 0 Å². The molecule has 1 heterocycles. The Morgan fingerprint density at radius 1 is 1.57 bits per heavy atom. The highest BCUT2D eigenvalue weighted by Gasteiger charge is 2.15. The Morgan fingerprint density at radius 3 is 2.57 bits per heavy atom. The molecule has 0 amide bonds. The Bertz CT molecular complexity index is 389. The van der Waals surface area contributed by atoms with Crippen molar-refractivity contribution in [3.05, 3.63) is 18.0 Å². The Hall–Kier alpha value is -0.520. The number of halogens is 1. The lowest BCUT2D eigenvalue weighted by Gasteiger charge is -2.00. The van der Waals surface area contributed by atoms with Gasteiger partial charge in [-0.2, -0.15) is 0 Å². The van der Waals surface area contributed by atoms with Crippen molar-refractivity contribution in [1.29, 1.82) is 0 Å². The first-order valence-electron chi connectivity index (χ1n) is 4.23. The molecule has 4 nitrogen and oxygen atoms in total. The molecule has 1 N–H and O–H groups in total. The zero-order valence-electron chi connectivity index (χ0n) is 8.12. The second-order valence-electron chi connectivity index (χ2n) is 2.79. The zero-order valence-corrected chi connectivity index (χ0v) is 9.69. The maximum absolute atomic E-state index is 11.4. The van der Waals surface area contributed by atoms with E-state index >= 15 is 0 Å². The van der Waals surface area contributed by atoms with Gasteiger partial charge in [0.15, 0.2) is 0 Å². The summed E-state index contributed by atoms with van der Waals surface area (Å²) in [5.41, 5.74) is 0.808. The zero-order chi connectivity index (χ0) is 10.8. The Labute approximate surface area is 88.9 Å². The fourth-order valence-electron chi connectivity index (χ4n) is 1.20. The molecule has 0 fully saturated rings. The highest BCUT2D eigenvalue weighted by atomic mass is 35.5. The minimum absolute atomic E-state index is 0.262. The van der Waals surface area contributed by atoms with E-state index in [1.165, 1.54) is 7.05 Å². The molecule has 0 atom stereocenters. The Morgan fingerprint density at radius 2 is 2.21 bits per heavy atom. The molecule has 0 aliphatic rings. The van der Waals surface area contributed by atoms with Gasteiger partial charge < -0.3 is 4.57 Å². The summed E-state index contributed by atoms with van der Waals surface area (Å²) in [7, 11) is -1.96. The van der Waals surface area contributed by atoms with Gasteiger partial charge in [0.1, 0.15) is 0 Å². The van der Waals surface area contributed by atoms with Gasteiger partial charge in [0.25, 0.3) is 0 Å². The summed E-state index contributed by atoms with van der Waals surface area (Å²) >= 11 is 5.68. The first-order valence-corrected chi connectivity index (χ1v) is 6.25. The normalized spacial score (nSPS) is 11.9. The van der Waals surface area contributed by atoms with Gasteiger partial charge in [-0.15, -0.1) is 11.6 Å². The predicted octanol–water partition coefficient (Wildman–Crippen LogP) is 1.15. The van der Waals surface area contributed by atoms with E-state index in [-0.39, 0.29) is 4.90 Å². The highest BCUT2D eigenvalue weighted by Crippen LogP contribution is 2.15. The van der Waals surface area contributed by atoms with Crippen molar-refractivity contribution in [1.82, 2.24) is 9.29 Å². The molecule has 0 spiro atoms. The molecule has 1 aromatic rings. The fraction of sp³-hybridized carbons (Fsp3) is 0.500. The molecule has 6 heteroatoms. The number of aryl methyl sites for hydroxylation is 1. The molecule has 14 heavy (non-hydrogen) atoms. The number of rotatable bonds is 4. The third-order valence-electron chi connectivity index (χ3n) is 2.02. The van der Waals surface area contributed by atoms with Crippen LogP contribution in [0, 0.1) is 0 Å². The summed E-state index contributed by atoms with van der Waals surface area (Å²) in [4.78, 5) is 0.262. The lowest BCUT2D eigenvalue weighted by atomic mass is 10.5. The summed E-state index contributed by atoms with van der Waals surface area (Å²) in [5.74, 6) is 0.313. The molecular formula is C8H13ClN2O2S. The van der Waals surface area contributed by atoms with Crippen molar-refractivity contribution >= 4 is 21.6 Å². The van der Waals surface area contributed by atoms with Crippen LogP contribution < -0.4 is 4.72 Å². The van der Waals surface area contributed by atoms with E-state index in [1.54, 1.807) is 12.3 Å². The largest absolute Gasteiger partial charge is 0.349 e. The monoisotopic (exact) mass is 236 g/mol. The molecule has 1 aromatic heterocycles. The van der Waals surface area contributed by atoms with E-state index < -0.39 is 10.0 Å². The number of aromatic nitrogens is 1. The number of nitrogens with zero attached hydrogens (tertiary/aromatic N) is 1. The summed E-state index contributed by atoms with van der Waals surface area (Å²) in [6.07, 6.45) is 1.59. The second-order valence-corrected chi connectivity index (χ2v) is 4.95. The number of nitrogens with one attached hydrogen (secondary N) is 1. The van der Waals surface area contributed by atoms with Gasteiger partial charge in [-0.25, -0.2) is 13.1 Å². The summed E-state index contributed by atoms with van der Waals surface area (Å²) in [5, 5.41) is 0. The molecule has 0 radical (unpaired) electrons. The van der Waals surface area contributed by atoms with E-state index in [1.807, 2.05) is 11.5 Å². The summed E-state index contributed by atoms with van der Waals surface area (Å²) < 4.78 is 26.9. The van der Waals surface area contributed by atoms with Gasteiger partial charge in [-0.05, 0) is 20.0 Å². The molecule has 0 saturated heterocycles. The predicted molar refractivity (Wildman–Crippen MR) is 55.9 cm³/mol. The molecule has 0 saturated carbocycles. The molecule has 0 bridgehead atoms. The minimum Gasteiger partial charge on any atom is -0.349 e. The van der Waals surface area contributed by atoms with Crippen LogP contribution in [0.15, 0.2) is 17.2 Å². The van der Waals surface area contributed by atoms with Gasteiger partial charge in [-0.3, -0.25) is 0 Å². The number of alkyl halides is 1. The highest BCUT2D eigenvalue weighted by molar-refractivity contribution is 7.89. The van der Waals surface area contributed by atoms with Crippen LogP contribution in [0.3, 0.4) is 0 Å². The molecule has 80 valence electrons. The first kappa shape index (κ1) is 11.6. The van der Waals surface area contributed by atoms with Crippen molar-refractivity contribution in [3.8, 4) is 0 Å². The number of hydrogen-bond donors (Lipinski definition) is 1. The maximum atomic E-state index is 11.4. The van der Waals surface area contributed by atoms with E-state index in [0.717, 1.165) is 5.69 Å². The van der Waals surface area contributed by atoms with Crippen LogP contribution in [0.25, 0.3) is 0 Å². The molecule has 0 aliphatic carbocycles. The third kappa shape index (κ3) is 2.10. The van der Waals surface area contributed by atoms with Crippen LogP contribution in [-0.2, 0) is 22.4 Å². The number of hydrogen-bond acceptors (Lipinski definition) is 2. The maximum Gasteiger partial charge on any atom is 0.241 e. The van der Waals surface area contributed by atoms with Crippen LogP contribution in [-0.4, -0.2) is 20.0 Å². The first-order chi connectivity index (χ1) is 6.55. The average molecular weight is 237 g/mol. The van der Waals surface area contributed by atoms with Crippen LogP contribution in [0.4, 0.5) is 0 Å². The van der Waals surface area contributed by atoms with Crippen molar-refractivity contribution in [2.45, 2.75) is 24.2 Å². The summed E-state index contributed by atoms with van der Waals surface area (Å²) in [6.45, 7) is 2.65. The number of sulfonamides is 1. The quantitative estimate of drug-likeness (QED) is 0.798. The molecule has 0 aliphatic heterocycles. The fourth-order valence-corrected chi connectivity index (χ4v) is 2.22. The summed E-state index contributed by atoms with van der Waals surface area (Å²) in [6, 6.07) is 1.59. The Kier molecular flexibility index (Phi) is 3.58. The lowest BCUT2D eigenvalue weighted by Crippen LogP contribution is -2.17. The van der Waals surface area contributed by atoms with Crippen LogP contribution in [0.1, 0.15) is 12.6 Å². The topological polar surface area (TPSA) is 51.1 Å². The van der Waals surface area contributed by atoms with Crippen LogP contribution in [0.2, 0.25) is 0 Å². The van der Waals surface area contributed by atoms with Crippen LogP contribution >= 0.6 is 11.6 Å². The van der Waals surface area contributed by atoms with E-state index in [4.69, 9.17) is 11.6 Å². The van der Waals surface area contributed by atoms with Gasteiger partial charge in [0.2, 0.25) is 10.0 Å². The van der Waals surface area contributed by atoms with Gasteiger partial charge in [-0.1, -0.05) is 0 Å². The standard InChI is InChI=1S/C8H13ClN2O2S/c1-3-11-6-8(4-7(11)5-9)14(12,13)10-2/h4,6,10H,3,5H2,1-2H3.